The lowest BCUT2D eigenvalue weighted by Crippen LogP contribution is -2.67. The number of ether oxygens (including phenoxy) is 1. The maximum absolute atomic E-state index is 12.5. The third-order valence-electron chi connectivity index (χ3n) is 4.82. The van der Waals surface area contributed by atoms with Gasteiger partial charge in [0.2, 0.25) is 0 Å². The van der Waals surface area contributed by atoms with Gasteiger partial charge in [0.15, 0.2) is 9.84 Å². The monoisotopic (exact) mass is 330 g/mol. The van der Waals surface area contributed by atoms with E-state index in [0.717, 1.165) is 18.7 Å². The molecule has 0 saturated carbocycles. The minimum absolute atomic E-state index is 0.154. The van der Waals surface area contributed by atoms with Crippen molar-refractivity contribution in [2.75, 3.05) is 32.1 Å². The number of sulfone groups is 1. The van der Waals surface area contributed by atoms with Gasteiger partial charge in [-0.15, -0.1) is 11.3 Å². The van der Waals surface area contributed by atoms with Crippen molar-refractivity contribution in [3.8, 4) is 0 Å². The standard InChI is InChI=1S/C14H22N2O3S2/c1-3-19-7-12-4-5-21(17,18)14(12)8-16(9-14)6-13-11(2)15-10-20-13/h10,12H,3-9H2,1-2H3/t12-/m0/s1. The van der Waals surface area contributed by atoms with Crippen LogP contribution < -0.4 is 0 Å². The third-order valence-corrected chi connectivity index (χ3v) is 8.34. The maximum atomic E-state index is 12.5. The van der Waals surface area contributed by atoms with Gasteiger partial charge in [-0.3, -0.25) is 4.90 Å². The van der Waals surface area contributed by atoms with E-state index in [1.54, 1.807) is 11.3 Å². The Bertz CT molecular complexity index is 605. The third kappa shape index (κ3) is 2.54. The zero-order valence-corrected chi connectivity index (χ0v) is 14.2. The number of hydrogen-bond acceptors (Lipinski definition) is 6. The fourth-order valence-electron chi connectivity index (χ4n) is 3.47. The summed E-state index contributed by atoms with van der Waals surface area (Å²) in [6.45, 7) is 7.28. The van der Waals surface area contributed by atoms with Crippen LogP contribution in [-0.2, 0) is 21.1 Å². The van der Waals surface area contributed by atoms with E-state index < -0.39 is 14.6 Å². The summed E-state index contributed by atoms with van der Waals surface area (Å²) >= 11 is 1.65. The normalized spacial score (nSPS) is 27.0. The molecule has 0 radical (unpaired) electrons. The van der Waals surface area contributed by atoms with Crippen LogP contribution in [0.15, 0.2) is 5.51 Å². The van der Waals surface area contributed by atoms with E-state index in [-0.39, 0.29) is 5.92 Å². The lowest BCUT2D eigenvalue weighted by atomic mass is 9.83. The highest BCUT2D eigenvalue weighted by Gasteiger charge is 2.61. The molecule has 3 rings (SSSR count). The molecular weight excluding hydrogens is 308 g/mol. The van der Waals surface area contributed by atoms with E-state index >= 15 is 0 Å². The summed E-state index contributed by atoms with van der Waals surface area (Å²) in [7, 11) is -2.99. The van der Waals surface area contributed by atoms with E-state index in [0.29, 0.717) is 32.1 Å². The molecule has 118 valence electrons. The average Bonchev–Trinajstić information content (AvgIpc) is 2.90. The molecule has 0 unspecified atom stereocenters. The number of aryl methyl sites for hydroxylation is 1. The van der Waals surface area contributed by atoms with Gasteiger partial charge in [-0.25, -0.2) is 13.4 Å². The summed E-state index contributed by atoms with van der Waals surface area (Å²) in [5, 5.41) is 0. The molecule has 7 heteroatoms. The number of thiazole rings is 1. The fraction of sp³-hybridized carbons (Fsp3) is 0.786. The lowest BCUT2D eigenvalue weighted by Gasteiger charge is -2.50. The summed E-state index contributed by atoms with van der Waals surface area (Å²) in [5.41, 5.74) is 2.91. The highest BCUT2D eigenvalue weighted by molar-refractivity contribution is 7.93. The molecule has 2 fully saturated rings. The van der Waals surface area contributed by atoms with Gasteiger partial charge >= 0.3 is 0 Å². The van der Waals surface area contributed by atoms with Gasteiger partial charge in [0.25, 0.3) is 0 Å². The van der Waals surface area contributed by atoms with Crippen molar-refractivity contribution in [1.82, 2.24) is 9.88 Å². The van der Waals surface area contributed by atoms with Crippen LogP contribution in [0.5, 0.6) is 0 Å². The summed E-state index contributed by atoms with van der Waals surface area (Å²) in [5.74, 6) is 0.472. The predicted octanol–water partition coefficient (Wildman–Crippen LogP) is 1.48. The van der Waals surface area contributed by atoms with Gasteiger partial charge in [0.05, 0.1) is 23.6 Å². The number of hydrogen-bond donors (Lipinski definition) is 0. The first kappa shape index (κ1) is 15.4. The molecule has 2 aliphatic heterocycles. The molecule has 0 amide bonds. The largest absolute Gasteiger partial charge is 0.381 e. The molecule has 1 aromatic rings. The highest BCUT2D eigenvalue weighted by Crippen LogP contribution is 2.45. The molecular formula is C14H22N2O3S2. The SMILES string of the molecule is CCOC[C@@H]1CCS(=O)(=O)C12CN(Cc1scnc1C)C2. The molecule has 0 aliphatic carbocycles. The van der Waals surface area contributed by atoms with Crippen LogP contribution in [0.1, 0.15) is 23.9 Å². The first-order valence-corrected chi connectivity index (χ1v) is 9.93. The molecule has 0 aromatic carbocycles. The molecule has 2 saturated heterocycles. The van der Waals surface area contributed by atoms with Crippen molar-refractivity contribution in [1.29, 1.82) is 0 Å². The van der Waals surface area contributed by atoms with Crippen molar-refractivity contribution < 1.29 is 13.2 Å². The quantitative estimate of drug-likeness (QED) is 0.818. The van der Waals surface area contributed by atoms with Gasteiger partial charge in [-0.1, -0.05) is 0 Å². The lowest BCUT2D eigenvalue weighted by molar-refractivity contribution is 0.0296. The Morgan fingerprint density at radius 2 is 2.29 bits per heavy atom. The summed E-state index contributed by atoms with van der Waals surface area (Å²) in [6, 6.07) is 0. The van der Waals surface area contributed by atoms with Crippen LogP contribution in [0.3, 0.4) is 0 Å². The van der Waals surface area contributed by atoms with Crippen LogP contribution in [0.25, 0.3) is 0 Å². The van der Waals surface area contributed by atoms with Crippen LogP contribution >= 0.6 is 11.3 Å². The molecule has 1 aromatic heterocycles. The number of likely N-dealkylation sites (tertiary alicyclic amines) is 1. The number of nitrogens with zero attached hydrogens (tertiary/aromatic N) is 2. The minimum atomic E-state index is -2.99. The molecule has 2 aliphatic rings. The van der Waals surface area contributed by atoms with Gasteiger partial charge in [0, 0.05) is 37.0 Å². The van der Waals surface area contributed by atoms with Crippen LogP contribution in [0.2, 0.25) is 0 Å². The Labute approximate surface area is 130 Å². The van der Waals surface area contributed by atoms with E-state index in [4.69, 9.17) is 4.74 Å². The zero-order chi connectivity index (χ0) is 15.1. The average molecular weight is 330 g/mol. The van der Waals surface area contributed by atoms with E-state index in [1.165, 1.54) is 4.88 Å². The summed E-state index contributed by atoms with van der Waals surface area (Å²) in [4.78, 5) is 7.72. The minimum Gasteiger partial charge on any atom is -0.381 e. The number of aromatic nitrogens is 1. The Kier molecular flexibility index (Phi) is 4.11. The van der Waals surface area contributed by atoms with Crippen molar-refractivity contribution in [3.63, 3.8) is 0 Å². The van der Waals surface area contributed by atoms with Gasteiger partial charge < -0.3 is 4.74 Å². The highest BCUT2D eigenvalue weighted by atomic mass is 32.2. The van der Waals surface area contributed by atoms with E-state index in [9.17, 15) is 8.42 Å². The molecule has 21 heavy (non-hydrogen) atoms. The molecule has 3 heterocycles. The van der Waals surface area contributed by atoms with E-state index in [1.807, 2.05) is 19.4 Å². The predicted molar refractivity (Wildman–Crippen MR) is 83.2 cm³/mol. The fourth-order valence-corrected chi connectivity index (χ4v) is 6.74. The zero-order valence-electron chi connectivity index (χ0n) is 12.5. The summed E-state index contributed by atoms with van der Waals surface area (Å²) < 4.78 is 29.9. The van der Waals surface area contributed by atoms with Crippen LogP contribution in [-0.4, -0.2) is 55.1 Å². The first-order chi connectivity index (χ1) is 9.98. The Morgan fingerprint density at radius 1 is 1.52 bits per heavy atom. The second-order valence-corrected chi connectivity index (χ2v) is 9.42. The Hall–Kier alpha value is -0.500. The topological polar surface area (TPSA) is 59.5 Å². The molecule has 0 bridgehead atoms. The summed E-state index contributed by atoms with van der Waals surface area (Å²) in [6.07, 6.45) is 0.746. The van der Waals surface area contributed by atoms with Gasteiger partial charge in [-0.2, -0.15) is 0 Å². The van der Waals surface area contributed by atoms with Crippen molar-refractivity contribution in [2.24, 2.45) is 5.92 Å². The second-order valence-electron chi connectivity index (χ2n) is 6.03. The Balaban J connectivity index is 1.69. The number of rotatable bonds is 5. The van der Waals surface area contributed by atoms with Crippen LogP contribution in [0.4, 0.5) is 0 Å². The van der Waals surface area contributed by atoms with Gasteiger partial charge in [-0.05, 0) is 20.3 Å². The molecule has 1 spiro atoms. The van der Waals surface area contributed by atoms with E-state index in [2.05, 4.69) is 9.88 Å². The second kappa shape index (κ2) is 5.61. The smallest absolute Gasteiger partial charge is 0.158 e. The van der Waals surface area contributed by atoms with Crippen LogP contribution in [0, 0.1) is 12.8 Å². The van der Waals surface area contributed by atoms with Crippen molar-refractivity contribution in [3.05, 3.63) is 16.1 Å². The van der Waals surface area contributed by atoms with Gasteiger partial charge in [0.1, 0.15) is 4.75 Å². The molecule has 5 nitrogen and oxygen atoms in total. The Morgan fingerprint density at radius 3 is 2.90 bits per heavy atom. The molecule has 1 atom stereocenters. The first-order valence-electron chi connectivity index (χ1n) is 7.40. The molecule has 0 N–H and O–H groups in total. The van der Waals surface area contributed by atoms with Crippen molar-refractivity contribution in [2.45, 2.75) is 31.6 Å². The maximum Gasteiger partial charge on any atom is 0.158 e. The van der Waals surface area contributed by atoms with Crippen molar-refractivity contribution >= 4 is 21.2 Å².